The van der Waals surface area contributed by atoms with Crippen molar-refractivity contribution < 1.29 is 22.0 Å². The van der Waals surface area contributed by atoms with Crippen molar-refractivity contribution >= 4 is 23.3 Å². The molecular weight excluding hydrogens is 481 g/mol. The fourth-order valence-corrected chi connectivity index (χ4v) is 5.75. The molecule has 1 aromatic carbocycles. The van der Waals surface area contributed by atoms with E-state index < -0.39 is 23.5 Å². The SMILES string of the molecule is Fc1cc(F)cc(N2CCCn3nc(N[C@H]4[C@@H]5CC[C@H]4CN(c4ccnc(C(F)(F)F)c4)C5)nc32)c1. The quantitative estimate of drug-likeness (QED) is 0.513. The Hall–Kier alpha value is -3.44. The van der Waals surface area contributed by atoms with Crippen LogP contribution in [-0.2, 0) is 12.7 Å². The predicted molar refractivity (Wildman–Crippen MR) is 123 cm³/mol. The van der Waals surface area contributed by atoms with E-state index >= 15 is 0 Å². The molecule has 36 heavy (non-hydrogen) atoms. The molecule has 6 rings (SSSR count). The van der Waals surface area contributed by atoms with E-state index in [0.29, 0.717) is 49.5 Å². The Morgan fingerprint density at radius 1 is 0.917 bits per heavy atom. The summed E-state index contributed by atoms with van der Waals surface area (Å²) in [7, 11) is 0. The number of nitrogens with zero attached hydrogens (tertiary/aromatic N) is 6. The molecule has 12 heteroatoms. The van der Waals surface area contributed by atoms with Gasteiger partial charge < -0.3 is 15.1 Å². The normalized spacial score (nSPS) is 23.6. The summed E-state index contributed by atoms with van der Waals surface area (Å²) in [5.74, 6) is 0.113. The molecule has 0 amide bonds. The maximum Gasteiger partial charge on any atom is 0.433 e. The zero-order valence-electron chi connectivity index (χ0n) is 19.2. The number of anilines is 4. The van der Waals surface area contributed by atoms with Gasteiger partial charge in [0.05, 0.1) is 0 Å². The van der Waals surface area contributed by atoms with Gasteiger partial charge >= 0.3 is 6.18 Å². The topological polar surface area (TPSA) is 62.1 Å². The van der Waals surface area contributed by atoms with Gasteiger partial charge in [-0.25, -0.2) is 13.5 Å². The van der Waals surface area contributed by atoms with Gasteiger partial charge in [0.15, 0.2) is 0 Å². The first-order chi connectivity index (χ1) is 17.2. The van der Waals surface area contributed by atoms with Crippen molar-refractivity contribution in [2.75, 3.05) is 34.8 Å². The molecule has 1 aliphatic carbocycles. The van der Waals surface area contributed by atoms with E-state index in [9.17, 15) is 22.0 Å². The average Bonchev–Trinajstić information content (AvgIpc) is 3.33. The molecule has 2 fully saturated rings. The van der Waals surface area contributed by atoms with Gasteiger partial charge in [-0.1, -0.05) is 0 Å². The van der Waals surface area contributed by atoms with Gasteiger partial charge in [0.2, 0.25) is 11.9 Å². The zero-order chi connectivity index (χ0) is 25.0. The van der Waals surface area contributed by atoms with Crippen molar-refractivity contribution in [2.45, 2.75) is 38.0 Å². The van der Waals surface area contributed by atoms with Crippen molar-refractivity contribution in [1.82, 2.24) is 19.7 Å². The molecule has 0 radical (unpaired) electrons. The molecule has 1 saturated heterocycles. The average molecular weight is 505 g/mol. The standard InChI is InChI=1S/C24H24F5N7/c25-16-8-17(26)10-19(9-16)35-6-1-7-36-23(35)32-22(33-36)31-21-14-2-3-15(21)13-34(12-14)18-4-5-30-20(11-18)24(27,28)29/h4-5,8-11,14-15,21H,1-3,6-7,12-13H2,(H,31,33)/t14-,15+,21+. The van der Waals surface area contributed by atoms with Gasteiger partial charge in [-0.2, -0.15) is 18.2 Å². The summed E-state index contributed by atoms with van der Waals surface area (Å²) in [5.41, 5.74) is 0.0284. The van der Waals surface area contributed by atoms with E-state index in [4.69, 9.17) is 0 Å². The third kappa shape index (κ3) is 4.22. The minimum atomic E-state index is -4.48. The van der Waals surface area contributed by atoms with Crippen molar-refractivity contribution in [3.05, 3.63) is 53.9 Å². The molecule has 1 N–H and O–H groups in total. The lowest BCUT2D eigenvalue weighted by atomic mass is 9.92. The third-order valence-corrected chi connectivity index (χ3v) is 7.33. The summed E-state index contributed by atoms with van der Waals surface area (Å²) in [6.45, 7) is 2.46. The van der Waals surface area contributed by atoms with E-state index in [2.05, 4.69) is 20.4 Å². The second kappa shape index (κ2) is 8.59. The van der Waals surface area contributed by atoms with Crippen LogP contribution >= 0.6 is 0 Å². The van der Waals surface area contributed by atoms with Gasteiger partial charge in [-0.05, 0) is 55.4 Å². The van der Waals surface area contributed by atoms with Crippen LogP contribution < -0.4 is 15.1 Å². The number of piperidine rings is 1. The van der Waals surface area contributed by atoms with E-state index in [1.807, 2.05) is 4.90 Å². The van der Waals surface area contributed by atoms with E-state index in [1.165, 1.54) is 18.3 Å². The van der Waals surface area contributed by atoms with Crippen LogP contribution in [-0.4, -0.2) is 45.4 Å². The number of hydrogen-bond donors (Lipinski definition) is 1. The molecular formula is C24H24F5N7. The smallest absolute Gasteiger partial charge is 0.371 e. The van der Waals surface area contributed by atoms with Crippen molar-refractivity contribution in [1.29, 1.82) is 0 Å². The molecule has 4 heterocycles. The van der Waals surface area contributed by atoms with E-state index in [0.717, 1.165) is 31.4 Å². The lowest BCUT2D eigenvalue weighted by Gasteiger charge is -2.39. The molecule has 3 atom stereocenters. The second-order valence-electron chi connectivity index (χ2n) is 9.66. The Bertz CT molecular complexity index is 1240. The van der Waals surface area contributed by atoms with Crippen LogP contribution in [0.2, 0.25) is 0 Å². The number of nitrogens with one attached hydrogen (secondary N) is 1. The minimum absolute atomic E-state index is 0.0923. The molecule has 1 saturated carbocycles. The number of pyridine rings is 1. The van der Waals surface area contributed by atoms with E-state index in [-0.39, 0.29) is 17.9 Å². The zero-order valence-corrected chi connectivity index (χ0v) is 19.2. The fourth-order valence-electron chi connectivity index (χ4n) is 5.75. The Kier molecular flexibility index (Phi) is 5.49. The summed E-state index contributed by atoms with van der Waals surface area (Å²) in [4.78, 5) is 11.9. The molecule has 190 valence electrons. The summed E-state index contributed by atoms with van der Waals surface area (Å²) in [5, 5.41) is 8.06. The first-order valence-corrected chi connectivity index (χ1v) is 12.0. The minimum Gasteiger partial charge on any atom is -0.371 e. The number of fused-ring (bicyclic) bond motifs is 3. The fraction of sp³-hybridized carbons (Fsp3) is 0.458. The maximum absolute atomic E-state index is 13.8. The van der Waals surface area contributed by atoms with Crippen molar-refractivity contribution in [3.63, 3.8) is 0 Å². The Morgan fingerprint density at radius 2 is 1.64 bits per heavy atom. The first-order valence-electron chi connectivity index (χ1n) is 12.0. The van der Waals surface area contributed by atoms with Gasteiger partial charge in [-0.3, -0.25) is 4.98 Å². The van der Waals surface area contributed by atoms with Gasteiger partial charge in [-0.15, -0.1) is 5.10 Å². The predicted octanol–water partition coefficient (Wildman–Crippen LogP) is 4.84. The maximum atomic E-state index is 13.8. The molecule has 2 bridgehead atoms. The second-order valence-corrected chi connectivity index (χ2v) is 9.66. The number of hydrogen-bond acceptors (Lipinski definition) is 6. The number of aromatic nitrogens is 4. The third-order valence-electron chi connectivity index (χ3n) is 7.33. The highest BCUT2D eigenvalue weighted by molar-refractivity contribution is 5.59. The van der Waals surface area contributed by atoms with Crippen LogP contribution in [0.5, 0.6) is 0 Å². The van der Waals surface area contributed by atoms with Gasteiger partial charge in [0, 0.05) is 55.9 Å². The largest absolute Gasteiger partial charge is 0.433 e. The molecule has 0 spiro atoms. The van der Waals surface area contributed by atoms with Crippen LogP contribution in [0.25, 0.3) is 0 Å². The van der Waals surface area contributed by atoms with Crippen LogP contribution in [0.3, 0.4) is 0 Å². The highest BCUT2D eigenvalue weighted by Gasteiger charge is 2.43. The summed E-state index contributed by atoms with van der Waals surface area (Å²) < 4.78 is 68.8. The number of rotatable bonds is 4. The van der Waals surface area contributed by atoms with Gasteiger partial charge in [0.25, 0.3) is 0 Å². The monoisotopic (exact) mass is 505 g/mol. The van der Waals surface area contributed by atoms with Crippen molar-refractivity contribution in [2.24, 2.45) is 11.8 Å². The molecule has 2 aromatic heterocycles. The Balaban J connectivity index is 1.19. The van der Waals surface area contributed by atoms with E-state index in [1.54, 1.807) is 15.6 Å². The summed E-state index contributed by atoms with van der Waals surface area (Å²) in [6, 6.07) is 6.22. The molecule has 3 aromatic rings. The van der Waals surface area contributed by atoms with Crippen molar-refractivity contribution in [3.8, 4) is 0 Å². The lowest BCUT2D eigenvalue weighted by Crippen LogP contribution is -2.48. The van der Waals surface area contributed by atoms with Crippen LogP contribution in [0.4, 0.5) is 45.2 Å². The molecule has 3 aliphatic rings. The number of halogens is 5. The van der Waals surface area contributed by atoms with Crippen LogP contribution in [0.1, 0.15) is 25.0 Å². The molecule has 0 unspecified atom stereocenters. The van der Waals surface area contributed by atoms with Gasteiger partial charge in [0.1, 0.15) is 17.3 Å². The number of alkyl halides is 3. The first kappa shape index (κ1) is 23.0. The Labute approximate surface area is 203 Å². The summed E-state index contributed by atoms with van der Waals surface area (Å²) >= 11 is 0. The molecule has 7 nitrogen and oxygen atoms in total. The van der Waals surface area contributed by atoms with Crippen LogP contribution in [0, 0.1) is 23.5 Å². The number of benzene rings is 1. The lowest BCUT2D eigenvalue weighted by molar-refractivity contribution is -0.141. The Morgan fingerprint density at radius 3 is 2.33 bits per heavy atom. The van der Waals surface area contributed by atoms with Crippen LogP contribution in [0.15, 0.2) is 36.5 Å². The number of aryl methyl sites for hydroxylation is 1. The highest BCUT2D eigenvalue weighted by Crippen LogP contribution is 2.41. The summed E-state index contributed by atoms with van der Waals surface area (Å²) in [6.07, 6.45) is -0.605. The molecule has 2 aliphatic heterocycles. The highest BCUT2D eigenvalue weighted by atomic mass is 19.4.